The molecule has 1 aliphatic rings. The second kappa shape index (κ2) is 8.85. The molecule has 0 spiro atoms. The number of sulfone groups is 1. The van der Waals surface area contributed by atoms with E-state index in [9.17, 15) is 13.2 Å². The molecule has 0 aromatic heterocycles. The molecule has 0 aliphatic carbocycles. The third-order valence-corrected chi connectivity index (χ3v) is 6.65. The lowest BCUT2D eigenvalue weighted by Gasteiger charge is -2.31. The molecule has 5 nitrogen and oxygen atoms in total. The highest BCUT2D eigenvalue weighted by Crippen LogP contribution is 2.24. The van der Waals surface area contributed by atoms with Crippen molar-refractivity contribution < 1.29 is 17.9 Å². The Morgan fingerprint density at radius 1 is 1.25 bits per heavy atom. The molecule has 24 heavy (non-hydrogen) atoms. The molecule has 1 heterocycles. The molecule has 1 fully saturated rings. The highest BCUT2D eigenvalue weighted by atomic mass is 79.9. The van der Waals surface area contributed by atoms with Crippen LogP contribution in [0.5, 0.6) is 0 Å². The summed E-state index contributed by atoms with van der Waals surface area (Å²) in [5.74, 6) is 0.214. The van der Waals surface area contributed by atoms with E-state index >= 15 is 0 Å². The number of benzene rings is 1. The van der Waals surface area contributed by atoms with Crippen molar-refractivity contribution in [1.29, 1.82) is 0 Å². The Hall–Kier alpha value is -1.08. The van der Waals surface area contributed by atoms with Crippen LogP contribution in [0.2, 0.25) is 0 Å². The van der Waals surface area contributed by atoms with E-state index in [0.29, 0.717) is 37.4 Å². The summed E-state index contributed by atoms with van der Waals surface area (Å²) in [6, 6.07) is 6.73. The SMILES string of the molecule is CCCCOC(=O)N1CCC(CS(=O)(=O)c2ccc(Br)cc2)CC1. The second-order valence-electron chi connectivity index (χ2n) is 6.13. The summed E-state index contributed by atoms with van der Waals surface area (Å²) in [6.07, 6.45) is 2.96. The van der Waals surface area contributed by atoms with Gasteiger partial charge in [-0.15, -0.1) is 0 Å². The van der Waals surface area contributed by atoms with Crippen LogP contribution in [0, 0.1) is 5.92 Å². The minimum Gasteiger partial charge on any atom is -0.449 e. The fourth-order valence-corrected chi connectivity index (χ4v) is 4.69. The number of piperidine rings is 1. The number of carbonyl (C=O) groups is 1. The molecular formula is C17H24BrNO4S. The van der Waals surface area contributed by atoms with Crippen LogP contribution in [0.3, 0.4) is 0 Å². The van der Waals surface area contributed by atoms with Crippen molar-refractivity contribution >= 4 is 31.9 Å². The van der Waals surface area contributed by atoms with Gasteiger partial charge in [0.25, 0.3) is 0 Å². The van der Waals surface area contributed by atoms with Crippen molar-refractivity contribution in [2.45, 2.75) is 37.5 Å². The first-order valence-corrected chi connectivity index (χ1v) is 10.8. The van der Waals surface area contributed by atoms with Crippen LogP contribution in [0.4, 0.5) is 4.79 Å². The molecule has 1 aromatic rings. The van der Waals surface area contributed by atoms with Crippen molar-refractivity contribution in [3.8, 4) is 0 Å². The molecule has 7 heteroatoms. The van der Waals surface area contributed by atoms with Gasteiger partial charge in [0, 0.05) is 17.6 Å². The van der Waals surface area contributed by atoms with Crippen LogP contribution in [-0.2, 0) is 14.6 Å². The Labute approximate surface area is 152 Å². The maximum absolute atomic E-state index is 12.5. The van der Waals surface area contributed by atoms with Crippen molar-refractivity contribution in [2.75, 3.05) is 25.4 Å². The molecule has 1 amide bonds. The molecular weight excluding hydrogens is 394 g/mol. The van der Waals surface area contributed by atoms with Gasteiger partial charge in [-0.3, -0.25) is 0 Å². The van der Waals surface area contributed by atoms with E-state index in [1.165, 1.54) is 0 Å². The molecule has 0 bridgehead atoms. The van der Waals surface area contributed by atoms with E-state index in [0.717, 1.165) is 17.3 Å². The molecule has 1 aromatic carbocycles. The summed E-state index contributed by atoms with van der Waals surface area (Å²) in [4.78, 5) is 13.9. The number of unbranched alkanes of at least 4 members (excludes halogenated alkanes) is 1. The van der Waals surface area contributed by atoms with Gasteiger partial charge in [0.05, 0.1) is 17.3 Å². The number of hydrogen-bond acceptors (Lipinski definition) is 4. The predicted molar refractivity (Wildman–Crippen MR) is 96.7 cm³/mol. The monoisotopic (exact) mass is 417 g/mol. The minimum atomic E-state index is -3.29. The van der Waals surface area contributed by atoms with Crippen LogP contribution < -0.4 is 0 Å². The molecule has 0 atom stereocenters. The van der Waals surface area contributed by atoms with Gasteiger partial charge in [0.2, 0.25) is 0 Å². The van der Waals surface area contributed by atoms with E-state index in [1.54, 1.807) is 29.2 Å². The average molecular weight is 418 g/mol. The Balaban J connectivity index is 1.84. The number of rotatable bonds is 6. The van der Waals surface area contributed by atoms with Crippen LogP contribution >= 0.6 is 15.9 Å². The Morgan fingerprint density at radius 3 is 2.46 bits per heavy atom. The highest BCUT2D eigenvalue weighted by Gasteiger charge is 2.28. The fourth-order valence-electron chi connectivity index (χ4n) is 2.73. The fraction of sp³-hybridized carbons (Fsp3) is 0.588. The smallest absolute Gasteiger partial charge is 0.409 e. The maximum atomic E-state index is 12.5. The third-order valence-electron chi connectivity index (χ3n) is 4.22. The number of carbonyl (C=O) groups excluding carboxylic acids is 1. The van der Waals surface area contributed by atoms with Gasteiger partial charge >= 0.3 is 6.09 Å². The summed E-state index contributed by atoms with van der Waals surface area (Å²) >= 11 is 3.31. The number of likely N-dealkylation sites (tertiary alicyclic amines) is 1. The number of nitrogens with zero attached hydrogens (tertiary/aromatic N) is 1. The maximum Gasteiger partial charge on any atom is 0.409 e. The summed E-state index contributed by atoms with van der Waals surface area (Å²) < 4.78 is 31.0. The predicted octanol–water partition coefficient (Wildman–Crippen LogP) is 3.87. The highest BCUT2D eigenvalue weighted by molar-refractivity contribution is 9.10. The van der Waals surface area contributed by atoms with Crippen molar-refractivity contribution in [3.05, 3.63) is 28.7 Å². The minimum absolute atomic E-state index is 0.0818. The van der Waals surface area contributed by atoms with Gasteiger partial charge < -0.3 is 9.64 Å². The quantitative estimate of drug-likeness (QED) is 0.658. The molecule has 1 aliphatic heterocycles. The van der Waals surface area contributed by atoms with Crippen LogP contribution in [0.1, 0.15) is 32.6 Å². The standard InChI is InChI=1S/C17H24BrNO4S/c1-2-3-12-23-17(20)19-10-8-14(9-11-19)13-24(21,22)16-6-4-15(18)5-7-16/h4-7,14H,2-3,8-13H2,1H3. The molecule has 0 saturated carbocycles. The number of amides is 1. The lowest BCUT2D eigenvalue weighted by Crippen LogP contribution is -2.40. The normalized spacial score (nSPS) is 16.2. The molecule has 1 saturated heterocycles. The average Bonchev–Trinajstić information content (AvgIpc) is 2.55. The van der Waals surface area contributed by atoms with Crippen molar-refractivity contribution in [1.82, 2.24) is 4.90 Å². The summed E-state index contributed by atoms with van der Waals surface area (Å²) in [7, 11) is -3.29. The molecule has 134 valence electrons. The number of hydrogen-bond donors (Lipinski definition) is 0. The molecule has 0 unspecified atom stereocenters. The molecule has 0 N–H and O–H groups in total. The van der Waals surface area contributed by atoms with E-state index in [4.69, 9.17) is 4.74 Å². The largest absolute Gasteiger partial charge is 0.449 e. The summed E-state index contributed by atoms with van der Waals surface area (Å²) in [5, 5.41) is 0. The van der Waals surface area contributed by atoms with E-state index < -0.39 is 9.84 Å². The van der Waals surface area contributed by atoms with Crippen molar-refractivity contribution in [3.63, 3.8) is 0 Å². The van der Waals surface area contributed by atoms with E-state index in [-0.39, 0.29) is 17.8 Å². The zero-order chi connectivity index (χ0) is 17.6. The molecule has 0 radical (unpaired) electrons. The van der Waals surface area contributed by atoms with Crippen LogP contribution in [0.15, 0.2) is 33.6 Å². The zero-order valence-corrected chi connectivity index (χ0v) is 16.3. The number of halogens is 1. The first-order valence-electron chi connectivity index (χ1n) is 8.32. The van der Waals surface area contributed by atoms with Gasteiger partial charge in [0.1, 0.15) is 0 Å². The van der Waals surface area contributed by atoms with Gasteiger partial charge in [0.15, 0.2) is 9.84 Å². The first-order chi connectivity index (χ1) is 11.4. The summed E-state index contributed by atoms with van der Waals surface area (Å²) in [6.45, 7) is 3.62. The Morgan fingerprint density at radius 2 is 1.88 bits per heavy atom. The van der Waals surface area contributed by atoms with Gasteiger partial charge in [-0.1, -0.05) is 29.3 Å². The van der Waals surface area contributed by atoms with Gasteiger partial charge in [-0.25, -0.2) is 13.2 Å². The van der Waals surface area contributed by atoms with Gasteiger partial charge in [-0.2, -0.15) is 0 Å². The van der Waals surface area contributed by atoms with Crippen LogP contribution in [0.25, 0.3) is 0 Å². The second-order valence-corrected chi connectivity index (χ2v) is 9.08. The third kappa shape index (κ3) is 5.48. The Kier molecular flexibility index (Phi) is 7.10. The topological polar surface area (TPSA) is 63.7 Å². The zero-order valence-electron chi connectivity index (χ0n) is 13.9. The van der Waals surface area contributed by atoms with Crippen LogP contribution in [-0.4, -0.2) is 44.9 Å². The van der Waals surface area contributed by atoms with Crippen molar-refractivity contribution in [2.24, 2.45) is 5.92 Å². The summed E-state index contributed by atoms with van der Waals surface area (Å²) in [5.41, 5.74) is 0. The number of ether oxygens (including phenoxy) is 1. The van der Waals surface area contributed by atoms with Gasteiger partial charge in [-0.05, 0) is 49.4 Å². The lowest BCUT2D eigenvalue weighted by molar-refractivity contribution is 0.0884. The van der Waals surface area contributed by atoms with E-state index in [2.05, 4.69) is 15.9 Å². The molecule has 2 rings (SSSR count). The Bertz CT molecular complexity index is 637. The first kappa shape index (κ1) is 19.2. The lowest BCUT2D eigenvalue weighted by atomic mass is 9.99. The van der Waals surface area contributed by atoms with E-state index in [1.807, 2.05) is 6.92 Å².